The summed E-state index contributed by atoms with van der Waals surface area (Å²) in [6.45, 7) is 9.29. The topological polar surface area (TPSA) is 165 Å². The molecule has 0 fully saturated rings. The molecule has 2 heterocycles. The van der Waals surface area contributed by atoms with Crippen LogP contribution in [0.15, 0.2) is 24.3 Å². The molecule has 2 aliphatic heterocycles. The molecule has 0 saturated heterocycles. The van der Waals surface area contributed by atoms with Gasteiger partial charge in [0.25, 0.3) is 23.6 Å². The highest BCUT2D eigenvalue weighted by molar-refractivity contribution is 6.13. The van der Waals surface area contributed by atoms with Crippen molar-refractivity contribution in [1.29, 1.82) is 0 Å². The van der Waals surface area contributed by atoms with Crippen LogP contribution in [0.25, 0.3) is 0 Å². The van der Waals surface area contributed by atoms with Gasteiger partial charge in [-0.3, -0.25) is 48.2 Å². The molecule has 230 valence electrons. The molecular formula is C29H39N3O10. The zero-order chi connectivity index (χ0) is 31.8. The molecule has 5 amide bonds. The van der Waals surface area contributed by atoms with Gasteiger partial charge in [-0.05, 0) is 48.0 Å². The number of hydrogen-bond acceptors (Lipinski definition) is 10. The maximum absolute atomic E-state index is 13.5. The normalized spacial score (nSPS) is 15.9. The molecular weight excluding hydrogens is 550 g/mol. The molecule has 1 atom stereocenters. The summed E-state index contributed by atoms with van der Waals surface area (Å²) in [5.41, 5.74) is -1.60. The lowest BCUT2D eigenvalue weighted by molar-refractivity contribution is -0.158. The third kappa shape index (κ3) is 10.7. The molecule has 1 unspecified atom stereocenters. The summed E-state index contributed by atoms with van der Waals surface area (Å²) in [6.07, 6.45) is 2.95. The number of ketones is 1. The fourth-order valence-corrected chi connectivity index (χ4v) is 4.24. The van der Waals surface area contributed by atoms with E-state index in [9.17, 15) is 38.4 Å². The average Bonchev–Trinajstić information content (AvgIpc) is 3.34. The molecule has 42 heavy (non-hydrogen) atoms. The zero-order valence-electron chi connectivity index (χ0n) is 25.0. The van der Waals surface area contributed by atoms with Gasteiger partial charge in [0.15, 0.2) is 5.78 Å². The first kappa shape index (κ1) is 34.0. The van der Waals surface area contributed by atoms with E-state index in [4.69, 9.17) is 9.47 Å². The Morgan fingerprint density at radius 1 is 0.667 bits per heavy atom. The average molecular weight is 590 g/mol. The van der Waals surface area contributed by atoms with Crippen molar-refractivity contribution in [2.24, 2.45) is 0 Å². The van der Waals surface area contributed by atoms with E-state index >= 15 is 0 Å². The standard InChI is InChI=1S/C29H39N3O10/c1-28(2,3)41-26(39)12-7-19(20(33)13-16-31-21(34)8-9-22(31)35)30(18-15-27(40)42-29(4,5)6)25(38)14-17-32-23(36)10-11-24(32)37/h8-11,19H,7,12-18H2,1-6H3. The van der Waals surface area contributed by atoms with Crippen molar-refractivity contribution in [2.75, 3.05) is 19.6 Å². The Hall–Kier alpha value is -4.16. The minimum atomic E-state index is -1.24. The molecule has 0 spiro atoms. The lowest BCUT2D eigenvalue weighted by atomic mass is 10.0. The number of carbonyl (C=O) groups excluding carboxylic acids is 8. The van der Waals surface area contributed by atoms with E-state index in [1.54, 1.807) is 41.5 Å². The van der Waals surface area contributed by atoms with Gasteiger partial charge < -0.3 is 14.4 Å². The molecule has 13 nitrogen and oxygen atoms in total. The maximum atomic E-state index is 13.5. The highest BCUT2D eigenvalue weighted by atomic mass is 16.6. The Balaban J connectivity index is 2.29. The van der Waals surface area contributed by atoms with Crippen molar-refractivity contribution in [1.82, 2.24) is 14.7 Å². The van der Waals surface area contributed by atoms with Crippen LogP contribution in [0.5, 0.6) is 0 Å². The number of amides is 5. The van der Waals surface area contributed by atoms with Crippen LogP contribution in [0, 0.1) is 0 Å². The maximum Gasteiger partial charge on any atom is 0.308 e. The van der Waals surface area contributed by atoms with Gasteiger partial charge in [0, 0.05) is 63.2 Å². The third-order valence-corrected chi connectivity index (χ3v) is 6.02. The summed E-state index contributed by atoms with van der Waals surface area (Å²) in [4.78, 5) is 103. The van der Waals surface area contributed by atoms with Gasteiger partial charge >= 0.3 is 11.9 Å². The second kappa shape index (κ2) is 14.1. The smallest absolute Gasteiger partial charge is 0.308 e. The van der Waals surface area contributed by atoms with Gasteiger partial charge in [0.1, 0.15) is 11.2 Å². The van der Waals surface area contributed by atoms with Crippen LogP contribution in [0.4, 0.5) is 0 Å². The van der Waals surface area contributed by atoms with Crippen molar-refractivity contribution < 1.29 is 47.8 Å². The van der Waals surface area contributed by atoms with Gasteiger partial charge in [-0.2, -0.15) is 0 Å². The minimum Gasteiger partial charge on any atom is -0.460 e. The van der Waals surface area contributed by atoms with Gasteiger partial charge in [0.05, 0.1) is 12.5 Å². The summed E-state index contributed by atoms with van der Waals surface area (Å²) in [5.74, 6) is -4.78. The largest absolute Gasteiger partial charge is 0.460 e. The van der Waals surface area contributed by atoms with Crippen LogP contribution in [0.1, 0.15) is 73.6 Å². The molecule has 13 heteroatoms. The first-order valence-corrected chi connectivity index (χ1v) is 13.7. The van der Waals surface area contributed by atoms with Crippen molar-refractivity contribution in [2.45, 2.75) is 90.9 Å². The number of carbonyl (C=O) groups is 8. The predicted octanol–water partition coefficient (Wildman–Crippen LogP) is 1.24. The summed E-state index contributed by atoms with van der Waals surface area (Å²) >= 11 is 0. The Morgan fingerprint density at radius 2 is 1.07 bits per heavy atom. The Labute approximate surface area is 244 Å². The monoisotopic (exact) mass is 589 g/mol. The summed E-state index contributed by atoms with van der Waals surface area (Å²) in [7, 11) is 0. The SMILES string of the molecule is CC(C)(C)OC(=O)CCC(C(=O)CCN1C(=O)C=CC1=O)N(CCC(=O)OC(C)(C)C)C(=O)CCN1C(=O)C=CC1=O. The zero-order valence-corrected chi connectivity index (χ0v) is 25.0. The van der Waals surface area contributed by atoms with E-state index in [2.05, 4.69) is 0 Å². The van der Waals surface area contributed by atoms with Crippen LogP contribution < -0.4 is 0 Å². The molecule has 0 aliphatic carbocycles. The second-order valence-electron chi connectivity index (χ2n) is 11.9. The molecule has 2 rings (SSSR count). The first-order chi connectivity index (χ1) is 19.4. The van der Waals surface area contributed by atoms with E-state index in [1.807, 2.05) is 0 Å². The Kier molecular flexibility index (Phi) is 11.5. The predicted molar refractivity (Wildman–Crippen MR) is 147 cm³/mol. The van der Waals surface area contributed by atoms with Crippen LogP contribution in [-0.2, 0) is 47.8 Å². The summed E-state index contributed by atoms with van der Waals surface area (Å²) in [5, 5.41) is 0. The lowest BCUT2D eigenvalue weighted by Crippen LogP contribution is -2.48. The number of hydrogen-bond donors (Lipinski definition) is 0. The Morgan fingerprint density at radius 3 is 1.50 bits per heavy atom. The third-order valence-electron chi connectivity index (χ3n) is 6.02. The molecule has 0 radical (unpaired) electrons. The number of nitrogens with zero attached hydrogens (tertiary/aromatic N) is 3. The van der Waals surface area contributed by atoms with Crippen molar-refractivity contribution >= 4 is 47.3 Å². The van der Waals surface area contributed by atoms with Gasteiger partial charge in [-0.15, -0.1) is 0 Å². The molecule has 0 bridgehead atoms. The molecule has 0 aromatic heterocycles. The second-order valence-corrected chi connectivity index (χ2v) is 11.9. The lowest BCUT2D eigenvalue weighted by Gasteiger charge is -2.32. The van der Waals surface area contributed by atoms with Gasteiger partial charge in [0.2, 0.25) is 5.91 Å². The summed E-state index contributed by atoms with van der Waals surface area (Å²) in [6, 6.07) is -1.24. The van der Waals surface area contributed by atoms with Crippen LogP contribution in [0.2, 0.25) is 0 Å². The first-order valence-electron chi connectivity index (χ1n) is 13.7. The minimum absolute atomic E-state index is 0.170. The van der Waals surface area contributed by atoms with Gasteiger partial charge in [-0.25, -0.2) is 0 Å². The number of esters is 2. The van der Waals surface area contributed by atoms with Crippen molar-refractivity contribution in [3.8, 4) is 0 Å². The van der Waals surface area contributed by atoms with Crippen LogP contribution in [0.3, 0.4) is 0 Å². The van der Waals surface area contributed by atoms with E-state index in [0.29, 0.717) is 0 Å². The molecule has 0 N–H and O–H groups in total. The highest BCUT2D eigenvalue weighted by Crippen LogP contribution is 2.19. The summed E-state index contributed by atoms with van der Waals surface area (Å²) < 4.78 is 10.7. The number of imide groups is 2. The van der Waals surface area contributed by atoms with E-state index < -0.39 is 64.5 Å². The number of ether oxygens (including phenoxy) is 2. The Bertz CT molecular complexity index is 1060. The number of rotatable bonds is 14. The number of Topliss-reactive ketones (excluding diaryl/α,β-unsaturated/α-hetero) is 1. The molecule has 2 aliphatic rings. The molecule has 0 saturated carbocycles. The van der Waals surface area contributed by atoms with E-state index in [1.165, 1.54) is 0 Å². The fraction of sp³-hybridized carbons (Fsp3) is 0.586. The van der Waals surface area contributed by atoms with Crippen molar-refractivity contribution in [3.05, 3.63) is 24.3 Å². The van der Waals surface area contributed by atoms with Gasteiger partial charge in [-0.1, -0.05) is 0 Å². The van der Waals surface area contributed by atoms with Crippen LogP contribution in [-0.4, -0.2) is 98.8 Å². The highest BCUT2D eigenvalue weighted by Gasteiger charge is 2.34. The van der Waals surface area contributed by atoms with Crippen molar-refractivity contribution in [3.63, 3.8) is 0 Å². The van der Waals surface area contributed by atoms with Crippen LogP contribution >= 0.6 is 0 Å². The quantitative estimate of drug-likeness (QED) is 0.213. The van der Waals surface area contributed by atoms with E-state index in [-0.39, 0.29) is 51.7 Å². The van der Waals surface area contributed by atoms with E-state index in [0.717, 1.165) is 39.0 Å². The molecule has 0 aromatic carbocycles. The molecule has 0 aromatic rings. The fourth-order valence-electron chi connectivity index (χ4n) is 4.24.